The highest BCUT2D eigenvalue weighted by molar-refractivity contribution is 5.92. The Kier molecular flexibility index (Phi) is 6.71. The lowest BCUT2D eigenvalue weighted by Gasteiger charge is -2.39. The van der Waals surface area contributed by atoms with Crippen LogP contribution >= 0.6 is 12.4 Å². The van der Waals surface area contributed by atoms with E-state index in [1.807, 2.05) is 0 Å². The smallest absolute Gasteiger partial charge is 0.311 e. The van der Waals surface area contributed by atoms with Crippen LogP contribution in [0.15, 0.2) is 18.9 Å². The maximum Gasteiger partial charge on any atom is 0.311 e. The number of carboxylic acid groups (broad SMARTS) is 1. The number of allylic oxidation sites excluding steroid dienone is 1. The molecule has 0 aromatic carbocycles. The number of rotatable bonds is 6. The van der Waals surface area contributed by atoms with Crippen LogP contribution in [-0.4, -0.2) is 56.5 Å². The van der Waals surface area contributed by atoms with Crippen molar-refractivity contribution in [2.24, 2.45) is 11.1 Å². The minimum absolute atomic E-state index is 0. The first-order chi connectivity index (χ1) is 10.5. The number of likely N-dealkylation sites (tertiary alicyclic amines) is 1. The third-order valence-electron chi connectivity index (χ3n) is 3.97. The summed E-state index contributed by atoms with van der Waals surface area (Å²) in [6, 6.07) is 0. The lowest BCUT2D eigenvalue weighted by Crippen LogP contribution is -2.49. The third-order valence-corrected chi connectivity index (χ3v) is 3.97. The summed E-state index contributed by atoms with van der Waals surface area (Å²) in [4.78, 5) is 25.7. The van der Waals surface area contributed by atoms with Crippen molar-refractivity contribution in [1.82, 2.24) is 19.9 Å². The Morgan fingerprint density at radius 2 is 2.26 bits per heavy atom. The zero-order valence-corrected chi connectivity index (χ0v) is 13.7. The molecule has 1 aliphatic rings. The summed E-state index contributed by atoms with van der Waals surface area (Å²) in [5.41, 5.74) is 4.69. The van der Waals surface area contributed by atoms with Gasteiger partial charge in [0.05, 0.1) is 18.2 Å². The van der Waals surface area contributed by atoms with Crippen molar-refractivity contribution < 1.29 is 14.7 Å². The summed E-state index contributed by atoms with van der Waals surface area (Å²) in [5.74, 6) is -1.19. The van der Waals surface area contributed by atoms with Crippen LogP contribution < -0.4 is 5.73 Å². The van der Waals surface area contributed by atoms with E-state index in [2.05, 4.69) is 16.9 Å². The summed E-state index contributed by atoms with van der Waals surface area (Å²) >= 11 is 0. The lowest BCUT2D eigenvalue weighted by molar-refractivity contribution is -0.151. The predicted octanol–water partition coefficient (Wildman–Crippen LogP) is 0.542. The number of halogens is 1. The molecule has 1 aromatic heterocycles. The van der Waals surface area contributed by atoms with Gasteiger partial charge in [0.25, 0.3) is 5.91 Å². The molecule has 0 saturated carbocycles. The fraction of sp³-hybridized carbons (Fsp3) is 0.571. The second kappa shape index (κ2) is 8.07. The van der Waals surface area contributed by atoms with E-state index in [0.29, 0.717) is 38.9 Å². The molecule has 8 nitrogen and oxygen atoms in total. The highest BCUT2D eigenvalue weighted by Crippen LogP contribution is 2.34. The Labute approximate surface area is 140 Å². The minimum Gasteiger partial charge on any atom is -0.481 e. The number of amides is 1. The van der Waals surface area contributed by atoms with Crippen LogP contribution in [0.1, 0.15) is 29.8 Å². The maximum atomic E-state index is 12.5. The van der Waals surface area contributed by atoms with Crippen molar-refractivity contribution in [3.05, 3.63) is 24.5 Å². The van der Waals surface area contributed by atoms with Gasteiger partial charge in [0.2, 0.25) is 0 Å². The van der Waals surface area contributed by atoms with Gasteiger partial charge in [-0.1, -0.05) is 11.3 Å². The van der Waals surface area contributed by atoms with Gasteiger partial charge >= 0.3 is 5.97 Å². The summed E-state index contributed by atoms with van der Waals surface area (Å²) in [6.45, 7) is 5.20. The van der Waals surface area contributed by atoms with Gasteiger partial charge in [0, 0.05) is 19.6 Å². The van der Waals surface area contributed by atoms with Crippen molar-refractivity contribution in [2.45, 2.75) is 25.8 Å². The highest BCUT2D eigenvalue weighted by Gasteiger charge is 2.43. The van der Waals surface area contributed by atoms with E-state index in [9.17, 15) is 14.7 Å². The molecule has 2 heterocycles. The molecule has 1 atom stereocenters. The molecule has 1 fully saturated rings. The molecule has 0 bridgehead atoms. The fourth-order valence-electron chi connectivity index (χ4n) is 2.81. The van der Waals surface area contributed by atoms with E-state index in [1.54, 1.807) is 12.3 Å². The number of hydrogen-bond donors (Lipinski definition) is 2. The second-order valence-corrected chi connectivity index (χ2v) is 5.56. The van der Waals surface area contributed by atoms with Crippen LogP contribution in [0.4, 0.5) is 0 Å². The summed E-state index contributed by atoms with van der Waals surface area (Å²) in [5, 5.41) is 17.2. The van der Waals surface area contributed by atoms with E-state index in [0.717, 1.165) is 0 Å². The molecular formula is C14H22ClN5O3. The van der Waals surface area contributed by atoms with Crippen molar-refractivity contribution >= 4 is 24.3 Å². The monoisotopic (exact) mass is 343 g/mol. The van der Waals surface area contributed by atoms with Gasteiger partial charge in [-0.3, -0.25) is 14.3 Å². The number of carbonyl (C=O) groups is 2. The fourth-order valence-corrected chi connectivity index (χ4v) is 2.81. The van der Waals surface area contributed by atoms with Gasteiger partial charge in [-0.2, -0.15) is 0 Å². The Balaban J connectivity index is 0.00000264. The minimum atomic E-state index is -0.955. The van der Waals surface area contributed by atoms with Crippen LogP contribution in [0.25, 0.3) is 0 Å². The highest BCUT2D eigenvalue weighted by atomic mass is 35.5. The van der Waals surface area contributed by atoms with Crippen LogP contribution in [0.2, 0.25) is 0 Å². The summed E-state index contributed by atoms with van der Waals surface area (Å²) in [6.07, 6.45) is 4.66. The van der Waals surface area contributed by atoms with Gasteiger partial charge in [-0.25, -0.2) is 0 Å². The number of hydrogen-bond acceptors (Lipinski definition) is 5. The molecule has 1 unspecified atom stereocenters. The standard InChI is InChI=1S/C14H21N5O3.ClH/c1-2-4-14(13(21)22)5-3-7-18(10-14)12(20)11-9-19(8-6-15)17-16-11;/h2,9H,1,3-8,10,15H2,(H,21,22);1H. The Hall–Kier alpha value is -1.93. The molecule has 1 aliphatic heterocycles. The topological polar surface area (TPSA) is 114 Å². The Bertz CT molecular complexity index is 577. The predicted molar refractivity (Wildman–Crippen MR) is 86.3 cm³/mol. The molecule has 0 radical (unpaired) electrons. The zero-order valence-electron chi connectivity index (χ0n) is 12.8. The molecule has 23 heavy (non-hydrogen) atoms. The average Bonchev–Trinajstić information content (AvgIpc) is 2.96. The Morgan fingerprint density at radius 3 is 2.87 bits per heavy atom. The zero-order chi connectivity index (χ0) is 16.2. The van der Waals surface area contributed by atoms with Crippen molar-refractivity contribution in [1.29, 1.82) is 0 Å². The number of carbonyl (C=O) groups excluding carboxylic acids is 1. The number of piperidine rings is 1. The van der Waals surface area contributed by atoms with E-state index in [1.165, 1.54) is 9.58 Å². The van der Waals surface area contributed by atoms with Crippen LogP contribution in [-0.2, 0) is 11.3 Å². The first kappa shape index (κ1) is 19.1. The quantitative estimate of drug-likeness (QED) is 0.729. The third kappa shape index (κ3) is 4.08. The molecule has 3 N–H and O–H groups in total. The van der Waals surface area contributed by atoms with Crippen LogP contribution in [0, 0.1) is 5.41 Å². The van der Waals surface area contributed by atoms with Gasteiger partial charge in [-0.15, -0.1) is 24.1 Å². The van der Waals surface area contributed by atoms with E-state index < -0.39 is 11.4 Å². The van der Waals surface area contributed by atoms with E-state index >= 15 is 0 Å². The van der Waals surface area contributed by atoms with Crippen molar-refractivity contribution in [2.75, 3.05) is 19.6 Å². The molecule has 0 spiro atoms. The molecule has 2 rings (SSSR count). The SMILES string of the molecule is C=CCC1(C(=O)O)CCCN(C(=O)c2cn(CCN)nn2)C1.Cl. The van der Waals surface area contributed by atoms with Gasteiger partial charge in [0.1, 0.15) is 0 Å². The average molecular weight is 344 g/mol. The number of nitrogens with zero attached hydrogens (tertiary/aromatic N) is 4. The molecule has 9 heteroatoms. The van der Waals surface area contributed by atoms with Crippen LogP contribution in [0.3, 0.4) is 0 Å². The summed E-state index contributed by atoms with van der Waals surface area (Å²) < 4.78 is 1.51. The maximum absolute atomic E-state index is 12.5. The molecule has 1 amide bonds. The van der Waals surface area contributed by atoms with Gasteiger partial charge < -0.3 is 15.7 Å². The number of aromatic nitrogens is 3. The number of aliphatic carboxylic acids is 1. The van der Waals surface area contributed by atoms with Gasteiger partial charge in [0.15, 0.2) is 5.69 Å². The second-order valence-electron chi connectivity index (χ2n) is 5.56. The molecule has 1 aromatic rings. The number of nitrogens with two attached hydrogens (primary N) is 1. The van der Waals surface area contributed by atoms with Crippen molar-refractivity contribution in [3.8, 4) is 0 Å². The van der Waals surface area contributed by atoms with Gasteiger partial charge in [-0.05, 0) is 19.3 Å². The largest absolute Gasteiger partial charge is 0.481 e. The lowest BCUT2D eigenvalue weighted by atomic mass is 9.77. The van der Waals surface area contributed by atoms with Crippen molar-refractivity contribution in [3.63, 3.8) is 0 Å². The van der Waals surface area contributed by atoms with Crippen LogP contribution in [0.5, 0.6) is 0 Å². The first-order valence-corrected chi connectivity index (χ1v) is 7.26. The molecular weight excluding hydrogens is 322 g/mol. The van der Waals surface area contributed by atoms with E-state index in [-0.39, 0.29) is 30.6 Å². The molecule has 1 saturated heterocycles. The van der Waals surface area contributed by atoms with E-state index in [4.69, 9.17) is 5.73 Å². The molecule has 128 valence electrons. The normalized spacial score (nSPS) is 20.7. The number of carboxylic acids is 1. The first-order valence-electron chi connectivity index (χ1n) is 7.26. The molecule has 0 aliphatic carbocycles. The Morgan fingerprint density at radius 1 is 1.52 bits per heavy atom. The summed E-state index contributed by atoms with van der Waals surface area (Å²) in [7, 11) is 0.